The molecule has 0 saturated heterocycles. The predicted octanol–water partition coefficient (Wildman–Crippen LogP) is 4.75. The van der Waals surface area contributed by atoms with Crippen LogP contribution in [0.4, 0.5) is 9.59 Å². The maximum Gasteiger partial charge on any atom is 0.419 e. The molecule has 2 N–H and O–H groups in total. The van der Waals surface area contributed by atoms with Crippen molar-refractivity contribution < 1.29 is 38.1 Å². The lowest BCUT2D eigenvalue weighted by Crippen LogP contribution is -2.52. The fraction of sp³-hybridized carbons (Fsp3) is 0.419. The molecule has 42 heavy (non-hydrogen) atoms. The van der Waals surface area contributed by atoms with Gasteiger partial charge in [0.1, 0.15) is 29.5 Å². The Balaban J connectivity index is 2.24. The average Bonchev–Trinajstić information content (AvgIpc) is 3.29. The fourth-order valence-corrected chi connectivity index (χ4v) is 4.35. The number of aromatic nitrogens is 1. The molecule has 0 aliphatic heterocycles. The minimum atomic E-state index is -1.28. The summed E-state index contributed by atoms with van der Waals surface area (Å²) in [5.41, 5.74) is 0.116. The number of methoxy groups -OCH3 is 2. The standard InChI is InChI=1S/C31H39N3O8/c1-30(2,3)41-28(37)33-26(27(36)32-17-24(35)40-8)25(19-13-15-20(39-7)16-14-19)22-18-34(29(38)42-31(4,5)6)23-12-10-9-11-21(22)23/h9-16,18,25-26H,17H2,1-8H3,(H,32,36)(H,33,37)/t25-,26-/m0/s1. The van der Waals surface area contributed by atoms with E-state index in [9.17, 15) is 19.2 Å². The Hall–Kier alpha value is -4.54. The number of hydrogen-bond donors (Lipinski definition) is 2. The molecule has 0 aliphatic carbocycles. The zero-order valence-corrected chi connectivity index (χ0v) is 25.3. The largest absolute Gasteiger partial charge is 0.497 e. The average molecular weight is 582 g/mol. The number of amides is 2. The van der Waals surface area contributed by atoms with Gasteiger partial charge in [-0.25, -0.2) is 9.59 Å². The number of carbonyl (C=O) groups excluding carboxylic acids is 4. The second-order valence-corrected chi connectivity index (χ2v) is 11.6. The normalized spacial score (nSPS) is 13.0. The summed E-state index contributed by atoms with van der Waals surface area (Å²) in [6.45, 7) is 9.99. The maximum atomic E-state index is 13.7. The van der Waals surface area contributed by atoms with Crippen LogP contribution in [0.15, 0.2) is 54.7 Å². The van der Waals surface area contributed by atoms with Crippen molar-refractivity contribution in [3.63, 3.8) is 0 Å². The van der Waals surface area contributed by atoms with Gasteiger partial charge in [0, 0.05) is 17.5 Å². The first-order valence-corrected chi connectivity index (χ1v) is 13.4. The second kappa shape index (κ2) is 13.0. The van der Waals surface area contributed by atoms with Gasteiger partial charge in [0.2, 0.25) is 5.91 Å². The number of esters is 1. The van der Waals surface area contributed by atoms with E-state index in [-0.39, 0.29) is 0 Å². The highest BCUT2D eigenvalue weighted by atomic mass is 16.6. The minimum absolute atomic E-state index is 0.420. The van der Waals surface area contributed by atoms with Crippen LogP contribution < -0.4 is 15.4 Å². The number of fused-ring (bicyclic) bond motifs is 1. The second-order valence-electron chi connectivity index (χ2n) is 11.6. The van der Waals surface area contributed by atoms with Crippen molar-refractivity contribution in [3.8, 4) is 5.75 Å². The molecule has 0 bridgehead atoms. The van der Waals surface area contributed by atoms with E-state index in [4.69, 9.17) is 14.2 Å². The lowest BCUT2D eigenvalue weighted by Gasteiger charge is -2.29. The van der Waals surface area contributed by atoms with Gasteiger partial charge in [-0.3, -0.25) is 14.2 Å². The number of benzene rings is 2. The van der Waals surface area contributed by atoms with Crippen molar-refractivity contribution in [2.24, 2.45) is 0 Å². The molecule has 1 aromatic heterocycles. The van der Waals surface area contributed by atoms with Crippen LogP contribution in [0.2, 0.25) is 0 Å². The van der Waals surface area contributed by atoms with Crippen LogP contribution in [0.25, 0.3) is 10.9 Å². The van der Waals surface area contributed by atoms with E-state index in [1.165, 1.54) is 18.8 Å². The monoisotopic (exact) mass is 581 g/mol. The summed E-state index contributed by atoms with van der Waals surface area (Å²) >= 11 is 0. The summed E-state index contributed by atoms with van der Waals surface area (Å²) in [7, 11) is 2.74. The summed E-state index contributed by atoms with van der Waals surface area (Å²) in [5, 5.41) is 5.90. The quantitative estimate of drug-likeness (QED) is 0.288. The molecule has 11 nitrogen and oxygen atoms in total. The van der Waals surface area contributed by atoms with Gasteiger partial charge in [0.15, 0.2) is 0 Å². The summed E-state index contributed by atoms with van der Waals surface area (Å²) in [6, 6.07) is 12.9. The Morgan fingerprint density at radius 3 is 2.05 bits per heavy atom. The van der Waals surface area contributed by atoms with Gasteiger partial charge < -0.3 is 29.6 Å². The van der Waals surface area contributed by atoms with Gasteiger partial charge in [-0.15, -0.1) is 0 Å². The van der Waals surface area contributed by atoms with Gasteiger partial charge in [0.05, 0.1) is 19.7 Å². The molecule has 2 atom stereocenters. The van der Waals surface area contributed by atoms with E-state index in [2.05, 4.69) is 15.4 Å². The molecular weight excluding hydrogens is 542 g/mol. The van der Waals surface area contributed by atoms with Crippen molar-refractivity contribution in [1.82, 2.24) is 15.2 Å². The third kappa shape index (κ3) is 8.25. The smallest absolute Gasteiger partial charge is 0.419 e. The molecule has 2 amide bonds. The number of nitrogens with zero attached hydrogens (tertiary/aromatic N) is 1. The molecule has 2 aromatic carbocycles. The van der Waals surface area contributed by atoms with E-state index in [0.717, 1.165) is 0 Å². The lowest BCUT2D eigenvalue weighted by atomic mass is 9.84. The van der Waals surface area contributed by atoms with Crippen LogP contribution in [-0.2, 0) is 23.8 Å². The van der Waals surface area contributed by atoms with Crippen LogP contribution in [-0.4, -0.2) is 66.6 Å². The number of carbonyl (C=O) groups is 4. The van der Waals surface area contributed by atoms with Crippen LogP contribution in [0.5, 0.6) is 5.75 Å². The van der Waals surface area contributed by atoms with Crippen molar-refractivity contribution in [3.05, 3.63) is 65.9 Å². The highest BCUT2D eigenvalue weighted by molar-refractivity contribution is 5.95. The first-order valence-electron chi connectivity index (χ1n) is 13.4. The highest BCUT2D eigenvalue weighted by Crippen LogP contribution is 2.36. The molecule has 1 heterocycles. The first kappa shape index (κ1) is 32.0. The molecule has 0 spiro atoms. The van der Waals surface area contributed by atoms with Gasteiger partial charge in [0.25, 0.3) is 0 Å². The number of alkyl carbamates (subject to hydrolysis) is 1. The van der Waals surface area contributed by atoms with Crippen molar-refractivity contribution in [1.29, 1.82) is 0 Å². The first-order chi connectivity index (χ1) is 19.6. The zero-order valence-electron chi connectivity index (χ0n) is 25.3. The molecule has 0 unspecified atom stereocenters. The van der Waals surface area contributed by atoms with Gasteiger partial charge in [-0.1, -0.05) is 30.3 Å². The highest BCUT2D eigenvalue weighted by Gasteiger charge is 2.36. The molecule has 226 valence electrons. The van der Waals surface area contributed by atoms with E-state index in [1.54, 1.807) is 84.1 Å². The minimum Gasteiger partial charge on any atom is -0.497 e. The van der Waals surface area contributed by atoms with Crippen molar-refractivity contribution in [2.75, 3.05) is 20.8 Å². The Morgan fingerprint density at radius 1 is 0.857 bits per heavy atom. The Labute approximate surface area is 245 Å². The van der Waals surface area contributed by atoms with Crippen LogP contribution in [0.3, 0.4) is 0 Å². The van der Waals surface area contributed by atoms with Crippen molar-refractivity contribution >= 4 is 35.0 Å². The topological polar surface area (TPSA) is 134 Å². The summed E-state index contributed by atoms with van der Waals surface area (Å²) in [6.07, 6.45) is 0.158. The zero-order chi connectivity index (χ0) is 31.2. The third-order valence-corrected chi connectivity index (χ3v) is 6.07. The lowest BCUT2D eigenvalue weighted by molar-refractivity contribution is -0.141. The van der Waals surface area contributed by atoms with Crippen LogP contribution >= 0.6 is 0 Å². The number of nitrogens with one attached hydrogen (secondary N) is 2. The van der Waals surface area contributed by atoms with E-state index >= 15 is 0 Å². The maximum absolute atomic E-state index is 13.7. The number of para-hydroxylation sites is 1. The Morgan fingerprint density at radius 2 is 1.48 bits per heavy atom. The Bertz CT molecular complexity index is 1430. The third-order valence-electron chi connectivity index (χ3n) is 6.07. The molecule has 0 radical (unpaired) electrons. The van der Waals surface area contributed by atoms with Gasteiger partial charge in [-0.05, 0) is 70.9 Å². The number of ether oxygens (including phenoxy) is 4. The van der Waals surface area contributed by atoms with E-state index in [1.807, 2.05) is 12.1 Å². The Kier molecular flexibility index (Phi) is 9.87. The SMILES string of the molecule is COC(=O)CNC(=O)[C@@H](NC(=O)OC(C)(C)C)[C@@H](c1ccc(OC)cc1)c1cn(C(=O)OC(C)(C)C)c2ccccc12. The number of rotatable bonds is 8. The molecule has 3 rings (SSSR count). The van der Waals surface area contributed by atoms with E-state index < -0.39 is 53.8 Å². The van der Waals surface area contributed by atoms with Crippen molar-refractivity contribution in [2.45, 2.75) is 64.7 Å². The molecule has 0 saturated carbocycles. The molecule has 0 aliphatic rings. The summed E-state index contributed by atoms with van der Waals surface area (Å²) in [4.78, 5) is 52.0. The van der Waals surface area contributed by atoms with Gasteiger partial charge >= 0.3 is 18.2 Å². The summed E-state index contributed by atoms with van der Waals surface area (Å²) < 4.78 is 22.5. The number of hydrogen-bond acceptors (Lipinski definition) is 8. The van der Waals surface area contributed by atoms with E-state index in [0.29, 0.717) is 27.8 Å². The molecule has 0 fully saturated rings. The summed E-state index contributed by atoms with van der Waals surface area (Å²) in [5.74, 6) is -1.60. The van der Waals surface area contributed by atoms with Crippen LogP contribution in [0.1, 0.15) is 58.6 Å². The van der Waals surface area contributed by atoms with Gasteiger partial charge in [-0.2, -0.15) is 0 Å². The van der Waals surface area contributed by atoms with Crippen LogP contribution in [0, 0.1) is 0 Å². The predicted molar refractivity (Wildman–Crippen MR) is 157 cm³/mol. The molecular formula is C31H39N3O8. The molecule has 11 heteroatoms. The fourth-order valence-electron chi connectivity index (χ4n) is 4.35. The molecule has 3 aromatic rings.